The quantitative estimate of drug-likeness (QED) is 0.341. The van der Waals surface area contributed by atoms with Crippen LogP contribution in [-0.2, 0) is 19.6 Å². The number of methoxy groups -OCH3 is 3. The third kappa shape index (κ3) is 5.73. The molecule has 172 valence electrons. The Labute approximate surface area is 202 Å². The maximum atomic E-state index is 6.46. The molecule has 4 aromatic rings. The Morgan fingerprint density at radius 2 is 1.09 bits per heavy atom. The molecule has 0 unspecified atom stereocenters. The highest BCUT2D eigenvalue weighted by molar-refractivity contribution is 6.35. The third-order valence-electron chi connectivity index (χ3n) is 5.64. The molecule has 2 radical (unpaired) electrons. The summed E-state index contributed by atoms with van der Waals surface area (Å²) in [6.45, 7) is 1.92. The van der Waals surface area contributed by atoms with Gasteiger partial charge in [-0.25, -0.2) is 0 Å². The molecule has 7 heteroatoms. The fourth-order valence-corrected chi connectivity index (χ4v) is 3.78. The Kier molecular flexibility index (Phi) is 7.42. The van der Waals surface area contributed by atoms with Crippen LogP contribution in [0.5, 0.6) is 17.2 Å². The van der Waals surface area contributed by atoms with Gasteiger partial charge in [-0.3, -0.25) is 4.68 Å². The maximum Gasteiger partial charge on any atom is 0.143 e. The average molecular weight is 453 g/mol. The molecule has 0 amide bonds. The summed E-state index contributed by atoms with van der Waals surface area (Å²) in [5, 5.41) is 4.84. The van der Waals surface area contributed by atoms with Crippen LogP contribution < -0.4 is 24.6 Å². The largest absolute Gasteiger partial charge is 0.497 e. The summed E-state index contributed by atoms with van der Waals surface area (Å²) in [5.74, 6) is 3.23. The summed E-state index contributed by atoms with van der Waals surface area (Å²) in [6.07, 6.45) is 1.88. The predicted molar refractivity (Wildman–Crippen MR) is 136 cm³/mol. The molecule has 0 aliphatic heterocycles. The van der Waals surface area contributed by atoms with Gasteiger partial charge in [0.1, 0.15) is 30.9 Å². The van der Waals surface area contributed by atoms with E-state index < -0.39 is 0 Å². The van der Waals surface area contributed by atoms with Crippen LogP contribution in [0.3, 0.4) is 0 Å². The van der Waals surface area contributed by atoms with Gasteiger partial charge in [-0.1, -0.05) is 36.4 Å². The van der Waals surface area contributed by atoms with Crippen molar-refractivity contribution in [3.63, 3.8) is 0 Å². The SMILES string of the molecule is [B]c1cn(Cc2ccc(OC)cc2)nc1N(Cc1ccc(OC)cc1)Cc1ccc(OC)cc1. The molecule has 0 fully saturated rings. The first-order valence-electron chi connectivity index (χ1n) is 11.0. The highest BCUT2D eigenvalue weighted by atomic mass is 16.5. The molecule has 0 aliphatic carbocycles. The molecule has 4 rings (SSSR count). The van der Waals surface area contributed by atoms with Gasteiger partial charge in [0.25, 0.3) is 0 Å². The van der Waals surface area contributed by atoms with Crippen molar-refractivity contribution in [2.24, 2.45) is 0 Å². The van der Waals surface area contributed by atoms with E-state index in [1.165, 1.54) is 0 Å². The van der Waals surface area contributed by atoms with Crippen molar-refractivity contribution in [2.45, 2.75) is 19.6 Å². The van der Waals surface area contributed by atoms with Gasteiger partial charge in [0.05, 0.1) is 27.9 Å². The summed E-state index contributed by atoms with van der Waals surface area (Å²) in [4.78, 5) is 2.18. The standard InChI is InChI=1S/C27H28BN3O3/c1-32-23-10-4-20(5-11-23)16-30(17-21-6-12-24(33-2)13-7-21)27-26(28)19-31(29-27)18-22-8-14-25(34-3)15-9-22/h4-15,19H,16-18H2,1-3H3. The normalized spacial score (nSPS) is 10.7. The molecule has 0 saturated heterocycles. The van der Waals surface area contributed by atoms with E-state index >= 15 is 0 Å². The van der Waals surface area contributed by atoms with Gasteiger partial charge in [0.2, 0.25) is 0 Å². The number of ether oxygens (including phenoxy) is 3. The highest BCUT2D eigenvalue weighted by Gasteiger charge is 2.15. The summed E-state index contributed by atoms with van der Waals surface area (Å²) in [5.41, 5.74) is 4.03. The molecular formula is C27H28BN3O3. The second-order valence-electron chi connectivity index (χ2n) is 8.01. The molecule has 0 spiro atoms. The number of nitrogens with zero attached hydrogens (tertiary/aromatic N) is 3. The fourth-order valence-electron chi connectivity index (χ4n) is 3.78. The zero-order valence-corrected chi connectivity index (χ0v) is 19.8. The van der Waals surface area contributed by atoms with Crippen LogP contribution in [0.2, 0.25) is 0 Å². The number of hydrogen-bond acceptors (Lipinski definition) is 5. The molecule has 0 atom stereocenters. The number of anilines is 1. The lowest BCUT2D eigenvalue weighted by molar-refractivity contribution is 0.414. The minimum atomic E-state index is 0.618. The molecule has 0 N–H and O–H groups in total. The lowest BCUT2D eigenvalue weighted by Gasteiger charge is -2.24. The van der Waals surface area contributed by atoms with Crippen LogP contribution in [0.1, 0.15) is 16.7 Å². The summed E-state index contributed by atoms with van der Waals surface area (Å²) >= 11 is 0. The Balaban J connectivity index is 1.59. The van der Waals surface area contributed by atoms with Gasteiger partial charge >= 0.3 is 0 Å². The smallest absolute Gasteiger partial charge is 0.143 e. The van der Waals surface area contributed by atoms with Crippen LogP contribution in [0.25, 0.3) is 0 Å². The van der Waals surface area contributed by atoms with E-state index in [9.17, 15) is 0 Å². The third-order valence-corrected chi connectivity index (χ3v) is 5.64. The maximum absolute atomic E-state index is 6.46. The second kappa shape index (κ2) is 10.8. The van der Waals surface area contributed by atoms with E-state index in [1.54, 1.807) is 21.3 Å². The van der Waals surface area contributed by atoms with E-state index in [-0.39, 0.29) is 0 Å². The fraction of sp³-hybridized carbons (Fsp3) is 0.222. The molecule has 0 saturated carbocycles. The zero-order chi connectivity index (χ0) is 23.9. The summed E-state index contributed by atoms with van der Waals surface area (Å²) in [6, 6.07) is 24.1. The molecule has 0 bridgehead atoms. The van der Waals surface area contributed by atoms with Crippen molar-refractivity contribution < 1.29 is 14.2 Å². The van der Waals surface area contributed by atoms with Crippen LogP contribution in [-0.4, -0.2) is 39.0 Å². The summed E-state index contributed by atoms with van der Waals surface area (Å²) < 4.78 is 17.7. The number of benzene rings is 3. The van der Waals surface area contributed by atoms with E-state index in [2.05, 4.69) is 29.2 Å². The van der Waals surface area contributed by atoms with Crippen LogP contribution >= 0.6 is 0 Å². The first-order valence-corrected chi connectivity index (χ1v) is 11.0. The Morgan fingerprint density at radius 3 is 1.50 bits per heavy atom. The lowest BCUT2D eigenvalue weighted by atomic mass is 9.99. The van der Waals surface area contributed by atoms with Crippen molar-refractivity contribution in [3.05, 3.63) is 95.7 Å². The van der Waals surface area contributed by atoms with Gasteiger partial charge in [0.15, 0.2) is 0 Å². The van der Waals surface area contributed by atoms with E-state index in [0.717, 1.165) is 39.8 Å². The average Bonchev–Trinajstić information content (AvgIpc) is 3.24. The number of aromatic nitrogens is 2. The molecule has 6 nitrogen and oxygen atoms in total. The Morgan fingerprint density at radius 1 is 0.676 bits per heavy atom. The molecular weight excluding hydrogens is 425 g/mol. The van der Waals surface area contributed by atoms with Gasteiger partial charge in [-0.2, -0.15) is 5.10 Å². The Bertz CT molecular complexity index is 1140. The van der Waals surface area contributed by atoms with Crippen molar-refractivity contribution in [1.29, 1.82) is 0 Å². The van der Waals surface area contributed by atoms with Crippen molar-refractivity contribution in [2.75, 3.05) is 26.2 Å². The van der Waals surface area contributed by atoms with Crippen LogP contribution in [0.4, 0.5) is 5.82 Å². The van der Waals surface area contributed by atoms with Gasteiger partial charge in [-0.15, -0.1) is 0 Å². The molecule has 0 aliphatic rings. The van der Waals surface area contributed by atoms with E-state index in [1.807, 2.05) is 59.4 Å². The lowest BCUT2D eigenvalue weighted by Crippen LogP contribution is -2.27. The minimum Gasteiger partial charge on any atom is -0.497 e. The first-order chi connectivity index (χ1) is 16.6. The topological polar surface area (TPSA) is 48.8 Å². The van der Waals surface area contributed by atoms with Gasteiger partial charge in [0, 0.05) is 19.3 Å². The molecule has 34 heavy (non-hydrogen) atoms. The van der Waals surface area contributed by atoms with Crippen molar-refractivity contribution in [1.82, 2.24) is 9.78 Å². The summed E-state index contributed by atoms with van der Waals surface area (Å²) in [7, 11) is 11.5. The van der Waals surface area contributed by atoms with Crippen molar-refractivity contribution >= 4 is 19.1 Å². The van der Waals surface area contributed by atoms with E-state index in [4.69, 9.17) is 27.2 Å². The number of rotatable bonds is 10. The molecule has 1 aromatic heterocycles. The first kappa shape index (κ1) is 23.3. The zero-order valence-electron chi connectivity index (χ0n) is 19.8. The van der Waals surface area contributed by atoms with Gasteiger partial charge < -0.3 is 19.1 Å². The second-order valence-corrected chi connectivity index (χ2v) is 8.01. The molecule has 3 aromatic carbocycles. The van der Waals surface area contributed by atoms with Crippen molar-refractivity contribution in [3.8, 4) is 17.2 Å². The van der Waals surface area contributed by atoms with Gasteiger partial charge in [-0.05, 0) is 58.6 Å². The number of hydrogen-bond donors (Lipinski definition) is 0. The Hall–Kier alpha value is -3.87. The van der Waals surface area contributed by atoms with Crippen LogP contribution in [0, 0.1) is 0 Å². The monoisotopic (exact) mass is 453 g/mol. The molecule has 1 heterocycles. The van der Waals surface area contributed by atoms with Crippen LogP contribution in [0.15, 0.2) is 79.0 Å². The predicted octanol–water partition coefficient (Wildman–Crippen LogP) is 3.96. The minimum absolute atomic E-state index is 0.618. The highest BCUT2D eigenvalue weighted by Crippen LogP contribution is 2.21. The van der Waals surface area contributed by atoms with E-state index in [0.29, 0.717) is 25.1 Å².